The summed E-state index contributed by atoms with van der Waals surface area (Å²) in [6, 6.07) is -0.406. The zero-order valence-corrected chi connectivity index (χ0v) is 10.8. The second-order valence-corrected chi connectivity index (χ2v) is 6.65. The lowest BCUT2D eigenvalue weighted by Gasteiger charge is -2.77. The predicted octanol–water partition coefficient (Wildman–Crippen LogP) is 2.09. The lowest BCUT2D eigenvalue weighted by molar-refractivity contribution is -0.268. The van der Waals surface area contributed by atoms with Gasteiger partial charge in [-0.25, -0.2) is 0 Å². The standard InChI is InChI=1S/C13H23NO2/c1-5-16-10(15)9(14)12-6-13(7-12,8-12)11(2,3)4/h9H,5-8,14H2,1-4H3/t9-,12?,13?/m0/s1. The molecule has 0 aromatic rings. The van der Waals surface area contributed by atoms with Gasteiger partial charge in [0.1, 0.15) is 6.04 Å². The van der Waals surface area contributed by atoms with Crippen LogP contribution in [0.2, 0.25) is 0 Å². The van der Waals surface area contributed by atoms with Crippen LogP contribution in [0.25, 0.3) is 0 Å². The van der Waals surface area contributed by atoms with Crippen molar-refractivity contribution < 1.29 is 9.53 Å². The van der Waals surface area contributed by atoms with E-state index in [1.165, 1.54) is 0 Å². The lowest BCUT2D eigenvalue weighted by Crippen LogP contribution is -2.74. The number of rotatable bonds is 3. The van der Waals surface area contributed by atoms with E-state index < -0.39 is 6.04 Å². The van der Waals surface area contributed by atoms with Gasteiger partial charge in [0, 0.05) is 0 Å². The average Bonchev–Trinajstić information content (AvgIpc) is 1.96. The van der Waals surface area contributed by atoms with Crippen molar-refractivity contribution in [2.45, 2.75) is 53.0 Å². The van der Waals surface area contributed by atoms with Crippen LogP contribution in [0.3, 0.4) is 0 Å². The van der Waals surface area contributed by atoms with Gasteiger partial charge >= 0.3 is 5.97 Å². The first kappa shape index (κ1) is 11.9. The van der Waals surface area contributed by atoms with Crippen LogP contribution in [-0.4, -0.2) is 18.6 Å². The monoisotopic (exact) mass is 225 g/mol. The molecule has 3 saturated carbocycles. The topological polar surface area (TPSA) is 52.3 Å². The van der Waals surface area contributed by atoms with Gasteiger partial charge in [-0.3, -0.25) is 4.79 Å². The Kier molecular flexibility index (Phi) is 2.40. The first-order valence-electron chi connectivity index (χ1n) is 6.19. The molecule has 0 aromatic carbocycles. The van der Waals surface area contributed by atoms with Gasteiger partial charge in [0.15, 0.2) is 0 Å². The normalized spacial score (nSPS) is 38.3. The van der Waals surface area contributed by atoms with Crippen LogP contribution in [0.5, 0.6) is 0 Å². The Morgan fingerprint density at radius 3 is 2.25 bits per heavy atom. The van der Waals surface area contributed by atoms with E-state index in [-0.39, 0.29) is 11.4 Å². The quantitative estimate of drug-likeness (QED) is 0.748. The molecule has 0 aromatic heterocycles. The number of nitrogens with two attached hydrogens (primary N) is 1. The summed E-state index contributed by atoms with van der Waals surface area (Å²) in [6.07, 6.45) is 3.30. The molecule has 3 heteroatoms. The SMILES string of the molecule is CCOC(=O)[C@H](N)C12CC(C(C)(C)C)(C1)C2. The summed E-state index contributed by atoms with van der Waals surface area (Å²) in [7, 11) is 0. The van der Waals surface area contributed by atoms with Crippen molar-refractivity contribution in [2.24, 2.45) is 22.0 Å². The van der Waals surface area contributed by atoms with E-state index in [0.717, 1.165) is 19.3 Å². The molecule has 92 valence electrons. The molecule has 16 heavy (non-hydrogen) atoms. The third-order valence-electron chi connectivity index (χ3n) is 4.86. The van der Waals surface area contributed by atoms with Gasteiger partial charge in [-0.1, -0.05) is 20.8 Å². The van der Waals surface area contributed by atoms with Crippen molar-refractivity contribution >= 4 is 5.97 Å². The molecule has 3 aliphatic carbocycles. The summed E-state index contributed by atoms with van der Waals surface area (Å²) < 4.78 is 5.00. The van der Waals surface area contributed by atoms with Crippen molar-refractivity contribution in [3.8, 4) is 0 Å². The Bertz CT molecular complexity index is 297. The number of esters is 1. The van der Waals surface area contributed by atoms with Crippen molar-refractivity contribution in [1.82, 2.24) is 0 Å². The van der Waals surface area contributed by atoms with Crippen LogP contribution in [0.15, 0.2) is 0 Å². The summed E-state index contributed by atoms with van der Waals surface area (Å²) >= 11 is 0. The zero-order chi connectivity index (χ0) is 12.2. The first-order chi connectivity index (χ1) is 7.26. The third-order valence-corrected chi connectivity index (χ3v) is 4.86. The molecule has 0 radical (unpaired) electrons. The maximum Gasteiger partial charge on any atom is 0.323 e. The summed E-state index contributed by atoms with van der Waals surface area (Å²) in [6.45, 7) is 9.10. The molecule has 3 rings (SSSR count). The van der Waals surface area contributed by atoms with Gasteiger partial charge < -0.3 is 10.5 Å². The molecule has 3 aliphatic rings. The largest absolute Gasteiger partial charge is 0.465 e. The average molecular weight is 225 g/mol. The summed E-state index contributed by atoms with van der Waals surface area (Å²) in [4.78, 5) is 11.6. The van der Waals surface area contributed by atoms with E-state index in [1.54, 1.807) is 0 Å². The summed E-state index contributed by atoms with van der Waals surface area (Å²) in [5, 5.41) is 0. The van der Waals surface area contributed by atoms with Gasteiger partial charge in [0.25, 0.3) is 0 Å². The van der Waals surface area contributed by atoms with E-state index in [2.05, 4.69) is 20.8 Å². The van der Waals surface area contributed by atoms with E-state index in [4.69, 9.17) is 10.5 Å². The number of carbonyl (C=O) groups is 1. The van der Waals surface area contributed by atoms with E-state index in [9.17, 15) is 4.79 Å². The van der Waals surface area contributed by atoms with Crippen LogP contribution in [-0.2, 0) is 9.53 Å². The number of carbonyl (C=O) groups excluding carboxylic acids is 1. The highest BCUT2D eigenvalue weighted by molar-refractivity contribution is 5.77. The van der Waals surface area contributed by atoms with Gasteiger partial charge in [-0.2, -0.15) is 0 Å². The van der Waals surface area contributed by atoms with Crippen LogP contribution in [0.1, 0.15) is 47.0 Å². The Labute approximate surface area is 97.7 Å². The fourth-order valence-corrected chi connectivity index (χ4v) is 3.47. The summed E-state index contributed by atoms with van der Waals surface area (Å²) in [5.41, 5.74) is 6.86. The van der Waals surface area contributed by atoms with Crippen LogP contribution in [0.4, 0.5) is 0 Å². The minimum atomic E-state index is -0.406. The number of ether oxygens (including phenoxy) is 1. The van der Waals surface area contributed by atoms with Gasteiger partial charge in [-0.05, 0) is 42.4 Å². The Hall–Kier alpha value is -0.570. The molecule has 0 spiro atoms. The molecule has 3 fully saturated rings. The minimum absolute atomic E-state index is 0.0690. The van der Waals surface area contributed by atoms with Crippen LogP contribution >= 0.6 is 0 Å². The fourth-order valence-electron chi connectivity index (χ4n) is 3.47. The highest BCUT2D eigenvalue weighted by Gasteiger charge is 2.74. The van der Waals surface area contributed by atoms with Gasteiger partial charge in [0.05, 0.1) is 6.61 Å². The molecule has 2 N–H and O–H groups in total. The van der Waals surface area contributed by atoms with E-state index >= 15 is 0 Å². The molecule has 2 bridgehead atoms. The minimum Gasteiger partial charge on any atom is -0.465 e. The molecule has 1 atom stereocenters. The molecule has 0 aliphatic heterocycles. The molecular formula is C13H23NO2. The second kappa shape index (κ2) is 3.22. The molecule has 0 amide bonds. The summed E-state index contributed by atoms with van der Waals surface area (Å²) in [5.74, 6) is -0.218. The van der Waals surface area contributed by atoms with Crippen molar-refractivity contribution in [3.63, 3.8) is 0 Å². The molecular weight excluding hydrogens is 202 g/mol. The van der Waals surface area contributed by atoms with Crippen molar-refractivity contribution in [1.29, 1.82) is 0 Å². The van der Waals surface area contributed by atoms with Crippen molar-refractivity contribution in [3.05, 3.63) is 0 Å². The maximum atomic E-state index is 11.6. The van der Waals surface area contributed by atoms with Crippen molar-refractivity contribution in [2.75, 3.05) is 6.61 Å². The Balaban J connectivity index is 1.96. The fraction of sp³-hybridized carbons (Fsp3) is 0.923. The second-order valence-electron chi connectivity index (χ2n) is 6.65. The molecule has 3 nitrogen and oxygen atoms in total. The Morgan fingerprint density at radius 2 is 1.88 bits per heavy atom. The zero-order valence-electron chi connectivity index (χ0n) is 10.8. The lowest BCUT2D eigenvalue weighted by atomic mass is 9.28. The van der Waals surface area contributed by atoms with E-state index in [1.807, 2.05) is 6.92 Å². The molecule has 0 unspecified atom stereocenters. The van der Waals surface area contributed by atoms with Crippen LogP contribution in [0, 0.1) is 16.2 Å². The molecule has 0 heterocycles. The van der Waals surface area contributed by atoms with Gasteiger partial charge in [-0.15, -0.1) is 0 Å². The smallest absolute Gasteiger partial charge is 0.323 e. The first-order valence-corrected chi connectivity index (χ1v) is 6.19. The van der Waals surface area contributed by atoms with Gasteiger partial charge in [0.2, 0.25) is 0 Å². The predicted molar refractivity (Wildman–Crippen MR) is 62.8 cm³/mol. The third kappa shape index (κ3) is 1.33. The number of hydrogen-bond acceptors (Lipinski definition) is 3. The highest BCUT2D eigenvalue weighted by Crippen LogP contribution is 2.79. The maximum absolute atomic E-state index is 11.6. The molecule has 0 saturated heterocycles. The highest BCUT2D eigenvalue weighted by atomic mass is 16.5. The van der Waals surface area contributed by atoms with Crippen LogP contribution < -0.4 is 5.73 Å². The number of hydrogen-bond donors (Lipinski definition) is 1. The Morgan fingerprint density at radius 1 is 1.38 bits per heavy atom. The van der Waals surface area contributed by atoms with E-state index in [0.29, 0.717) is 17.4 Å².